The lowest BCUT2D eigenvalue weighted by Gasteiger charge is -2.22. The van der Waals surface area contributed by atoms with Crippen LogP contribution in [0.1, 0.15) is 101 Å². The highest BCUT2D eigenvalue weighted by Gasteiger charge is 2.27. The molecule has 1 heterocycles. The molecular weight excluding hydrogens is 667 g/mol. The van der Waals surface area contributed by atoms with Gasteiger partial charge in [0.15, 0.2) is 5.82 Å². The van der Waals surface area contributed by atoms with Crippen molar-refractivity contribution in [2.75, 3.05) is 13.2 Å². The number of nitrogens with two attached hydrogens (primary N) is 1. The number of aromatic nitrogens is 2. The Morgan fingerprint density at radius 2 is 1.40 bits per heavy atom. The minimum atomic E-state index is -1.14. The molecular formula is C43H55N5O5. The first-order valence-corrected chi connectivity index (χ1v) is 18.8. The van der Waals surface area contributed by atoms with E-state index in [1.54, 1.807) is 24.5 Å². The zero-order chi connectivity index (χ0) is 38.2. The van der Waals surface area contributed by atoms with Crippen molar-refractivity contribution >= 4 is 17.8 Å². The first-order valence-electron chi connectivity index (χ1n) is 18.8. The van der Waals surface area contributed by atoms with Crippen LogP contribution >= 0.6 is 0 Å². The molecule has 10 heteroatoms. The van der Waals surface area contributed by atoms with Crippen LogP contribution in [0.15, 0.2) is 85.2 Å². The molecule has 53 heavy (non-hydrogen) atoms. The van der Waals surface area contributed by atoms with E-state index >= 15 is 0 Å². The molecule has 3 aromatic carbocycles. The maximum atomic E-state index is 13.6. The summed E-state index contributed by atoms with van der Waals surface area (Å²) in [5.74, 6) is -0.741. The molecule has 5 N–H and O–H groups in total. The third-order valence-corrected chi connectivity index (χ3v) is 9.20. The number of ether oxygens (including phenoxy) is 1. The van der Waals surface area contributed by atoms with E-state index < -0.39 is 29.9 Å². The summed E-state index contributed by atoms with van der Waals surface area (Å²) in [5, 5.41) is 15.3. The second kappa shape index (κ2) is 20.2. The summed E-state index contributed by atoms with van der Waals surface area (Å²) in [4.78, 5) is 48.1. The number of carbonyl (C=O) groups is 3. The number of nitrogens with zero attached hydrogens (tertiary/aromatic N) is 2. The van der Waals surface area contributed by atoms with Gasteiger partial charge in [-0.1, -0.05) is 102 Å². The van der Waals surface area contributed by atoms with Gasteiger partial charge < -0.3 is 26.2 Å². The SMILES string of the molecule is CCCCCCCOc1ccc(-c2cnc(-c3ccc(CC(NC(=O)c4ccc(C(C)(C)C)cc4)C(=O)NC(CCCCN)C(=O)O)cc3)nc2)cc1. The number of unbranched alkanes of at least 4 members (excludes halogenated alkanes) is 5. The van der Waals surface area contributed by atoms with Gasteiger partial charge in [-0.2, -0.15) is 0 Å². The minimum absolute atomic E-state index is 0.0822. The quantitative estimate of drug-likeness (QED) is 0.0684. The van der Waals surface area contributed by atoms with Crippen molar-refractivity contribution in [1.29, 1.82) is 0 Å². The van der Waals surface area contributed by atoms with Crippen LogP contribution in [0.3, 0.4) is 0 Å². The smallest absolute Gasteiger partial charge is 0.326 e. The molecule has 10 nitrogen and oxygen atoms in total. The van der Waals surface area contributed by atoms with Crippen molar-refractivity contribution in [2.45, 2.75) is 103 Å². The van der Waals surface area contributed by atoms with Crippen LogP contribution in [-0.4, -0.2) is 58.1 Å². The van der Waals surface area contributed by atoms with Crippen molar-refractivity contribution < 1.29 is 24.2 Å². The van der Waals surface area contributed by atoms with Crippen molar-refractivity contribution in [3.05, 3.63) is 102 Å². The van der Waals surface area contributed by atoms with Crippen LogP contribution in [0.4, 0.5) is 0 Å². The lowest BCUT2D eigenvalue weighted by atomic mass is 9.86. The molecule has 0 saturated carbocycles. The van der Waals surface area contributed by atoms with Crippen molar-refractivity contribution in [3.63, 3.8) is 0 Å². The zero-order valence-electron chi connectivity index (χ0n) is 31.6. The number of carboxylic acid groups (broad SMARTS) is 1. The number of rotatable bonds is 20. The molecule has 0 spiro atoms. The average molecular weight is 722 g/mol. The molecule has 0 bridgehead atoms. The number of aliphatic carboxylic acids is 1. The van der Waals surface area contributed by atoms with Crippen LogP contribution in [0.5, 0.6) is 5.75 Å². The molecule has 0 aliphatic carbocycles. The van der Waals surface area contributed by atoms with Crippen molar-refractivity contribution in [2.24, 2.45) is 5.73 Å². The van der Waals surface area contributed by atoms with Gasteiger partial charge in [0.05, 0.1) is 6.61 Å². The first-order chi connectivity index (χ1) is 25.5. The second-order valence-corrected chi connectivity index (χ2v) is 14.5. The number of benzene rings is 3. The molecule has 2 amide bonds. The van der Waals surface area contributed by atoms with Crippen LogP contribution in [0, 0.1) is 0 Å². The Kier molecular flexibility index (Phi) is 15.5. The van der Waals surface area contributed by atoms with Gasteiger partial charge in [0, 0.05) is 35.5 Å². The van der Waals surface area contributed by atoms with E-state index in [-0.39, 0.29) is 18.3 Å². The maximum Gasteiger partial charge on any atom is 0.326 e. The van der Waals surface area contributed by atoms with Gasteiger partial charge in [0.1, 0.15) is 17.8 Å². The molecule has 0 aliphatic heterocycles. The Morgan fingerprint density at radius 3 is 2.00 bits per heavy atom. The van der Waals surface area contributed by atoms with Crippen molar-refractivity contribution in [3.8, 4) is 28.3 Å². The van der Waals surface area contributed by atoms with E-state index in [9.17, 15) is 19.5 Å². The third-order valence-electron chi connectivity index (χ3n) is 9.20. The summed E-state index contributed by atoms with van der Waals surface area (Å²) in [5.41, 5.74) is 10.4. The Labute approximate surface area is 314 Å². The summed E-state index contributed by atoms with van der Waals surface area (Å²) < 4.78 is 5.90. The Balaban J connectivity index is 1.43. The van der Waals surface area contributed by atoms with Crippen LogP contribution in [0.25, 0.3) is 22.5 Å². The molecule has 4 aromatic rings. The highest BCUT2D eigenvalue weighted by Crippen LogP contribution is 2.25. The predicted molar refractivity (Wildman–Crippen MR) is 210 cm³/mol. The number of nitrogens with one attached hydrogen (secondary N) is 2. The fraction of sp³-hybridized carbons (Fsp3) is 0.419. The van der Waals surface area contributed by atoms with Gasteiger partial charge in [-0.25, -0.2) is 14.8 Å². The van der Waals surface area contributed by atoms with Gasteiger partial charge in [-0.15, -0.1) is 0 Å². The molecule has 282 valence electrons. The summed E-state index contributed by atoms with van der Waals surface area (Å²) in [6, 6.07) is 20.5. The standard InChI is InChI=1S/C43H55N5O5/c1-5-6-7-8-11-26-53-36-23-19-31(20-24-36)34-28-45-39(46-29-34)32-15-13-30(14-16-32)27-38(41(50)47-37(42(51)52)12-9-10-25-44)48-40(49)33-17-21-35(22-18-33)43(2,3)4/h13-24,28-29,37-38H,5-12,25-27,44H2,1-4H3,(H,47,50)(H,48,49)(H,51,52). The van der Waals surface area contributed by atoms with E-state index in [0.29, 0.717) is 30.8 Å². The van der Waals surface area contributed by atoms with Gasteiger partial charge in [0.25, 0.3) is 5.91 Å². The topological polar surface area (TPSA) is 157 Å². The first kappa shape index (κ1) is 40.7. The highest BCUT2D eigenvalue weighted by atomic mass is 16.5. The van der Waals surface area contributed by atoms with E-state index in [0.717, 1.165) is 46.6 Å². The maximum absolute atomic E-state index is 13.6. The normalized spacial score (nSPS) is 12.5. The van der Waals surface area contributed by atoms with Crippen molar-refractivity contribution in [1.82, 2.24) is 20.6 Å². The average Bonchev–Trinajstić information content (AvgIpc) is 3.16. The highest BCUT2D eigenvalue weighted by molar-refractivity contribution is 5.98. The predicted octanol–water partition coefficient (Wildman–Crippen LogP) is 7.50. The Morgan fingerprint density at radius 1 is 0.755 bits per heavy atom. The number of amides is 2. The molecule has 0 saturated heterocycles. The zero-order valence-corrected chi connectivity index (χ0v) is 31.6. The van der Waals surface area contributed by atoms with Gasteiger partial charge >= 0.3 is 5.97 Å². The van der Waals surface area contributed by atoms with E-state index in [1.165, 1.54) is 25.7 Å². The molecule has 1 aromatic heterocycles. The molecule has 4 rings (SSSR count). The monoisotopic (exact) mass is 721 g/mol. The second-order valence-electron chi connectivity index (χ2n) is 14.5. The van der Waals surface area contributed by atoms with Gasteiger partial charge in [-0.05, 0) is 78.6 Å². The van der Waals surface area contributed by atoms with E-state index in [1.807, 2.05) is 60.7 Å². The lowest BCUT2D eigenvalue weighted by molar-refractivity contribution is -0.142. The molecule has 0 aliphatic rings. The summed E-state index contributed by atoms with van der Waals surface area (Å²) in [6.07, 6.45) is 11.1. The molecule has 2 atom stereocenters. The van der Waals surface area contributed by atoms with Crippen LogP contribution in [0.2, 0.25) is 0 Å². The Hall–Kier alpha value is -5.09. The number of carboxylic acids is 1. The van der Waals surface area contributed by atoms with E-state index in [2.05, 4.69) is 48.3 Å². The summed E-state index contributed by atoms with van der Waals surface area (Å²) in [6.45, 7) is 9.64. The fourth-order valence-corrected chi connectivity index (χ4v) is 5.89. The molecule has 2 unspecified atom stereocenters. The lowest BCUT2D eigenvalue weighted by Crippen LogP contribution is -2.52. The molecule has 0 fully saturated rings. The fourth-order valence-electron chi connectivity index (χ4n) is 5.89. The Bertz CT molecular complexity index is 1730. The molecule has 0 radical (unpaired) electrons. The summed E-state index contributed by atoms with van der Waals surface area (Å²) >= 11 is 0. The largest absolute Gasteiger partial charge is 0.494 e. The number of carbonyl (C=O) groups excluding carboxylic acids is 2. The van der Waals surface area contributed by atoms with Crippen LogP contribution < -0.4 is 21.1 Å². The van der Waals surface area contributed by atoms with Gasteiger partial charge in [-0.3, -0.25) is 9.59 Å². The number of hydrogen-bond donors (Lipinski definition) is 4. The minimum Gasteiger partial charge on any atom is -0.494 e. The number of hydrogen-bond acceptors (Lipinski definition) is 7. The van der Waals surface area contributed by atoms with Gasteiger partial charge in [0.2, 0.25) is 5.91 Å². The van der Waals surface area contributed by atoms with E-state index in [4.69, 9.17) is 10.5 Å². The van der Waals surface area contributed by atoms with Crippen LogP contribution in [-0.2, 0) is 21.4 Å². The summed E-state index contributed by atoms with van der Waals surface area (Å²) in [7, 11) is 0. The third kappa shape index (κ3) is 12.8.